The molecule has 2 saturated heterocycles. The summed E-state index contributed by atoms with van der Waals surface area (Å²) in [6, 6.07) is 3.98. The number of pyridine rings is 1. The molecule has 2 N–H and O–H groups in total. The van der Waals surface area contributed by atoms with Crippen LogP contribution in [0, 0.1) is 11.2 Å². The van der Waals surface area contributed by atoms with E-state index in [4.69, 9.17) is 4.74 Å². The topological polar surface area (TPSA) is 118 Å². The number of rotatable bonds is 8. The largest absolute Gasteiger partial charge is 0.423 e. The van der Waals surface area contributed by atoms with Crippen molar-refractivity contribution in [3.63, 3.8) is 0 Å². The fraction of sp³-hybridized carbons (Fsp3) is 0.393. The van der Waals surface area contributed by atoms with Crippen molar-refractivity contribution in [2.45, 2.75) is 38.5 Å². The quantitative estimate of drug-likeness (QED) is 0.300. The van der Waals surface area contributed by atoms with Gasteiger partial charge in [-0.1, -0.05) is 0 Å². The molecule has 0 amide bonds. The van der Waals surface area contributed by atoms with Crippen LogP contribution < -0.4 is 21.3 Å². The summed E-state index contributed by atoms with van der Waals surface area (Å²) in [6.45, 7) is 5.23. The molecule has 5 heterocycles. The Bertz CT molecular complexity index is 1740. The van der Waals surface area contributed by atoms with Crippen molar-refractivity contribution in [2.75, 3.05) is 36.5 Å². The Balaban J connectivity index is 1.11. The number of anilines is 2. The second-order valence-electron chi connectivity index (χ2n) is 11.0. The van der Waals surface area contributed by atoms with E-state index in [1.807, 2.05) is 0 Å². The normalized spacial score (nSPS) is 16.7. The Morgan fingerprint density at radius 1 is 1.14 bits per heavy atom. The molecule has 3 aromatic heterocycles. The van der Waals surface area contributed by atoms with Crippen molar-refractivity contribution < 1.29 is 22.3 Å². The number of ether oxygens (including phenoxy) is 1. The number of hydrogen-bond donors (Lipinski definition) is 2. The van der Waals surface area contributed by atoms with Gasteiger partial charge in [0.1, 0.15) is 11.4 Å². The summed E-state index contributed by atoms with van der Waals surface area (Å²) in [7, 11) is 0. The molecule has 4 aromatic rings. The molecule has 0 radical (unpaired) electrons. The number of hydrogen-bond acceptors (Lipinski definition) is 8. The molecule has 0 saturated carbocycles. The van der Waals surface area contributed by atoms with Gasteiger partial charge in [0, 0.05) is 31.9 Å². The third kappa shape index (κ3) is 5.22. The maximum atomic E-state index is 15.1. The van der Waals surface area contributed by atoms with E-state index in [1.54, 1.807) is 42.7 Å². The smallest absolute Gasteiger partial charge is 0.381 e. The molecule has 2 aliphatic rings. The molecule has 10 nitrogen and oxygen atoms in total. The van der Waals surface area contributed by atoms with Crippen LogP contribution in [0.4, 0.5) is 28.9 Å². The Labute approximate surface area is 236 Å². The van der Waals surface area contributed by atoms with E-state index in [0.29, 0.717) is 18.2 Å². The summed E-state index contributed by atoms with van der Waals surface area (Å²) in [5, 5.41) is 8.66. The highest BCUT2D eigenvalue weighted by Gasteiger charge is 2.49. The summed E-state index contributed by atoms with van der Waals surface area (Å²) < 4.78 is 61.7. The number of H-pyrrole nitrogens is 1. The van der Waals surface area contributed by atoms with Gasteiger partial charge in [-0.3, -0.25) is 9.59 Å². The van der Waals surface area contributed by atoms with E-state index in [1.165, 1.54) is 10.6 Å². The average molecular weight is 586 g/mol. The van der Waals surface area contributed by atoms with Gasteiger partial charge in [-0.15, -0.1) is 0 Å². The van der Waals surface area contributed by atoms with Crippen molar-refractivity contribution >= 4 is 22.1 Å². The van der Waals surface area contributed by atoms with E-state index in [2.05, 4.69) is 25.3 Å². The van der Waals surface area contributed by atoms with Crippen molar-refractivity contribution in [2.24, 2.45) is 5.41 Å². The third-order valence-corrected chi connectivity index (χ3v) is 7.76. The van der Waals surface area contributed by atoms with Gasteiger partial charge in [0.25, 0.3) is 11.1 Å². The fourth-order valence-electron chi connectivity index (χ4n) is 5.49. The number of halogens is 4. The van der Waals surface area contributed by atoms with Crippen LogP contribution >= 0.6 is 0 Å². The SMILES string of the molecule is C[C@@H](CCCn1ccc2cc(-c3ncc(N4CC5(COC5)C4)cn3)c(F)cc2c1=O)Nc1cn[nH]c(=O)c1C(F)(F)F. The predicted molar refractivity (Wildman–Crippen MR) is 147 cm³/mol. The number of nitrogens with zero attached hydrogens (tertiary/aromatic N) is 5. The van der Waals surface area contributed by atoms with Crippen molar-refractivity contribution in [1.29, 1.82) is 0 Å². The van der Waals surface area contributed by atoms with E-state index in [9.17, 15) is 22.8 Å². The minimum Gasteiger partial charge on any atom is -0.381 e. The maximum Gasteiger partial charge on any atom is 0.423 e. The number of alkyl halides is 3. The summed E-state index contributed by atoms with van der Waals surface area (Å²) in [6.07, 6.45) is 1.84. The molecular weight excluding hydrogens is 558 g/mol. The van der Waals surface area contributed by atoms with Gasteiger partial charge >= 0.3 is 6.18 Å². The predicted octanol–water partition coefficient (Wildman–Crippen LogP) is 3.82. The average Bonchev–Trinajstić information content (AvgIpc) is 2.88. The van der Waals surface area contributed by atoms with E-state index in [0.717, 1.165) is 38.2 Å². The Hall–Kier alpha value is -4.33. The fourth-order valence-corrected chi connectivity index (χ4v) is 5.49. The Morgan fingerprint density at radius 2 is 1.88 bits per heavy atom. The first-order chi connectivity index (χ1) is 20.0. The van der Waals surface area contributed by atoms with Crippen LogP contribution in [0.15, 0.2) is 52.6 Å². The second kappa shape index (κ2) is 10.5. The molecule has 6 rings (SSSR count). The molecule has 2 fully saturated rings. The molecule has 1 aromatic carbocycles. The lowest BCUT2D eigenvalue weighted by Crippen LogP contribution is -2.66. The summed E-state index contributed by atoms with van der Waals surface area (Å²) in [5.41, 5.74) is -2.18. The van der Waals surface area contributed by atoms with Crippen molar-refractivity contribution in [1.82, 2.24) is 24.7 Å². The van der Waals surface area contributed by atoms with E-state index in [-0.39, 0.29) is 34.3 Å². The van der Waals surface area contributed by atoms with Crippen LogP contribution in [0.3, 0.4) is 0 Å². The second-order valence-corrected chi connectivity index (χ2v) is 11.0. The van der Waals surface area contributed by atoms with Gasteiger partial charge in [0.2, 0.25) is 0 Å². The van der Waals surface area contributed by atoms with Gasteiger partial charge in [-0.25, -0.2) is 19.5 Å². The van der Waals surface area contributed by atoms with Gasteiger partial charge in [-0.05, 0) is 43.4 Å². The maximum absolute atomic E-state index is 15.1. The zero-order valence-electron chi connectivity index (χ0n) is 22.5. The monoisotopic (exact) mass is 585 g/mol. The molecule has 42 heavy (non-hydrogen) atoms. The van der Waals surface area contributed by atoms with Crippen LogP contribution in [0.5, 0.6) is 0 Å². The highest BCUT2D eigenvalue weighted by atomic mass is 19.4. The molecule has 0 unspecified atom stereocenters. The highest BCUT2D eigenvalue weighted by Crippen LogP contribution is 2.40. The number of nitrogens with one attached hydrogen (secondary N) is 2. The number of aromatic nitrogens is 5. The zero-order valence-corrected chi connectivity index (χ0v) is 22.5. The van der Waals surface area contributed by atoms with Gasteiger partial charge in [-0.2, -0.15) is 18.3 Å². The van der Waals surface area contributed by atoms with Crippen LogP contribution in [-0.2, 0) is 17.5 Å². The molecule has 2 aliphatic heterocycles. The lowest BCUT2D eigenvalue weighted by atomic mass is 9.78. The number of aromatic amines is 1. The number of fused-ring (bicyclic) bond motifs is 1. The minimum absolute atomic E-state index is 0.186. The van der Waals surface area contributed by atoms with Crippen LogP contribution in [0.1, 0.15) is 25.3 Å². The molecule has 0 bridgehead atoms. The standard InChI is InChI=1S/C28H27F4N7O3/c1-16(36-22-11-35-37-25(40)23(22)28(30,31)32)3-2-5-38-6-4-17-7-20(21(29)8-19(17)26(38)41)24-33-9-18(10-34-24)39-12-27(13-39)14-42-15-27/h4,6-11,16H,2-3,5,12-15H2,1H3,(H2,36,37,40)/t16-/m0/s1. The molecule has 14 heteroatoms. The molecule has 1 spiro atoms. The summed E-state index contributed by atoms with van der Waals surface area (Å²) in [5.74, 6) is -0.403. The molecule has 0 aliphatic carbocycles. The van der Waals surface area contributed by atoms with E-state index >= 15 is 4.39 Å². The van der Waals surface area contributed by atoms with Crippen LogP contribution in [-0.4, -0.2) is 57.1 Å². The lowest BCUT2D eigenvalue weighted by Gasteiger charge is -2.55. The first-order valence-corrected chi connectivity index (χ1v) is 13.4. The lowest BCUT2D eigenvalue weighted by molar-refractivity contribution is -0.138. The first-order valence-electron chi connectivity index (χ1n) is 13.4. The van der Waals surface area contributed by atoms with E-state index < -0.39 is 34.8 Å². The summed E-state index contributed by atoms with van der Waals surface area (Å²) >= 11 is 0. The Kier molecular flexibility index (Phi) is 6.95. The van der Waals surface area contributed by atoms with Crippen LogP contribution in [0.25, 0.3) is 22.2 Å². The molecule has 220 valence electrons. The van der Waals surface area contributed by atoms with Crippen LogP contribution in [0.2, 0.25) is 0 Å². The number of benzene rings is 1. The van der Waals surface area contributed by atoms with Gasteiger partial charge in [0.05, 0.1) is 59.5 Å². The van der Waals surface area contributed by atoms with Crippen molar-refractivity contribution in [3.05, 3.63) is 75.1 Å². The zero-order chi connectivity index (χ0) is 29.6. The van der Waals surface area contributed by atoms with Gasteiger partial charge in [0.15, 0.2) is 5.82 Å². The Morgan fingerprint density at radius 3 is 2.55 bits per heavy atom. The highest BCUT2D eigenvalue weighted by molar-refractivity contribution is 5.86. The summed E-state index contributed by atoms with van der Waals surface area (Å²) in [4.78, 5) is 35.6. The van der Waals surface area contributed by atoms with Crippen molar-refractivity contribution in [3.8, 4) is 11.4 Å². The minimum atomic E-state index is -4.84. The third-order valence-electron chi connectivity index (χ3n) is 7.76. The molecule has 1 atom stereocenters. The van der Waals surface area contributed by atoms with Gasteiger partial charge < -0.3 is 19.5 Å². The molecular formula is C28H27F4N7O3. The number of aryl methyl sites for hydroxylation is 1. The first kappa shape index (κ1) is 27.8.